The molecule has 3 nitrogen and oxygen atoms in total. The molecule has 0 saturated heterocycles. The summed E-state index contributed by atoms with van der Waals surface area (Å²) in [7, 11) is 1.58. The Labute approximate surface area is 77.7 Å². The van der Waals surface area contributed by atoms with Crippen molar-refractivity contribution in [3.05, 3.63) is 22.8 Å². The fourth-order valence-electron chi connectivity index (χ4n) is 1.26. The van der Waals surface area contributed by atoms with Gasteiger partial charge in [-0.2, -0.15) is 5.26 Å². The highest BCUT2D eigenvalue weighted by molar-refractivity contribution is 5.65. The highest BCUT2D eigenvalue weighted by atomic mass is 16.5. The summed E-state index contributed by atoms with van der Waals surface area (Å²) in [5.41, 5.74) is 8.47. The second-order valence-corrected chi connectivity index (χ2v) is 2.92. The fraction of sp³-hybridized carbons (Fsp3) is 0.300. The second-order valence-electron chi connectivity index (χ2n) is 2.92. The summed E-state index contributed by atoms with van der Waals surface area (Å²) in [4.78, 5) is 0. The molecule has 0 amide bonds. The van der Waals surface area contributed by atoms with Gasteiger partial charge in [0.1, 0.15) is 11.8 Å². The van der Waals surface area contributed by atoms with Crippen molar-refractivity contribution < 1.29 is 4.74 Å². The van der Waals surface area contributed by atoms with Crippen LogP contribution in [0.5, 0.6) is 5.75 Å². The maximum Gasteiger partial charge on any atom is 0.123 e. The highest BCUT2D eigenvalue weighted by Crippen LogP contribution is 2.28. The third-order valence-corrected chi connectivity index (χ3v) is 2.12. The number of rotatable bonds is 1. The predicted octanol–water partition coefficient (Wildman–Crippen LogP) is 1.77. The molecule has 0 spiro atoms. The maximum atomic E-state index is 8.86. The number of aryl methyl sites for hydroxylation is 1. The summed E-state index contributed by atoms with van der Waals surface area (Å²) < 4.78 is 5.12. The molecule has 1 rings (SSSR count). The summed E-state index contributed by atoms with van der Waals surface area (Å²) in [6.45, 7) is 3.69. The first-order valence-electron chi connectivity index (χ1n) is 3.95. The number of hydrogen-bond acceptors (Lipinski definition) is 3. The Bertz CT molecular complexity index is 377. The van der Waals surface area contributed by atoms with Crippen LogP contribution in [0.3, 0.4) is 0 Å². The molecule has 0 atom stereocenters. The number of benzene rings is 1. The number of methoxy groups -OCH3 is 1. The Balaban J connectivity index is 3.50. The zero-order valence-corrected chi connectivity index (χ0v) is 8.01. The van der Waals surface area contributed by atoms with Gasteiger partial charge >= 0.3 is 0 Å². The van der Waals surface area contributed by atoms with Gasteiger partial charge in [0.25, 0.3) is 0 Å². The van der Waals surface area contributed by atoms with Gasteiger partial charge in [-0.05, 0) is 25.5 Å². The third-order valence-electron chi connectivity index (χ3n) is 2.12. The van der Waals surface area contributed by atoms with Gasteiger partial charge in [0, 0.05) is 5.56 Å². The van der Waals surface area contributed by atoms with Crippen LogP contribution in [0.2, 0.25) is 0 Å². The molecule has 0 radical (unpaired) electrons. The van der Waals surface area contributed by atoms with Crippen molar-refractivity contribution in [2.75, 3.05) is 12.8 Å². The Kier molecular flexibility index (Phi) is 2.43. The van der Waals surface area contributed by atoms with Crippen molar-refractivity contribution in [1.82, 2.24) is 0 Å². The Hall–Kier alpha value is -1.69. The molecule has 0 aliphatic rings. The van der Waals surface area contributed by atoms with Gasteiger partial charge in [0.2, 0.25) is 0 Å². The van der Waals surface area contributed by atoms with E-state index in [1.54, 1.807) is 7.11 Å². The molecule has 0 fully saturated rings. The first kappa shape index (κ1) is 9.40. The van der Waals surface area contributed by atoms with Gasteiger partial charge in [0.05, 0.1) is 18.4 Å². The number of nitrogens with two attached hydrogens (primary N) is 1. The van der Waals surface area contributed by atoms with E-state index in [-0.39, 0.29) is 0 Å². The topological polar surface area (TPSA) is 59.0 Å². The van der Waals surface area contributed by atoms with E-state index >= 15 is 0 Å². The molecular weight excluding hydrogens is 164 g/mol. The molecule has 0 bridgehead atoms. The first-order chi connectivity index (χ1) is 6.11. The van der Waals surface area contributed by atoms with Crippen LogP contribution in [0.25, 0.3) is 0 Å². The van der Waals surface area contributed by atoms with Crippen LogP contribution >= 0.6 is 0 Å². The summed E-state index contributed by atoms with van der Waals surface area (Å²) in [5, 5.41) is 8.86. The maximum absolute atomic E-state index is 8.86. The van der Waals surface area contributed by atoms with Crippen molar-refractivity contribution in [3.63, 3.8) is 0 Å². The Morgan fingerprint density at radius 3 is 2.54 bits per heavy atom. The van der Waals surface area contributed by atoms with Crippen molar-refractivity contribution in [3.8, 4) is 11.8 Å². The van der Waals surface area contributed by atoms with Gasteiger partial charge in [-0.1, -0.05) is 0 Å². The fourth-order valence-corrected chi connectivity index (χ4v) is 1.26. The molecule has 3 heteroatoms. The van der Waals surface area contributed by atoms with Crippen LogP contribution in [0.15, 0.2) is 6.07 Å². The highest BCUT2D eigenvalue weighted by Gasteiger charge is 2.10. The Morgan fingerprint density at radius 2 is 2.08 bits per heavy atom. The van der Waals surface area contributed by atoms with Crippen molar-refractivity contribution in [2.24, 2.45) is 0 Å². The molecule has 0 aliphatic carbocycles. The summed E-state index contributed by atoms with van der Waals surface area (Å²) in [5.74, 6) is 0.711. The van der Waals surface area contributed by atoms with Crippen LogP contribution in [-0.4, -0.2) is 7.11 Å². The van der Waals surface area contributed by atoms with Gasteiger partial charge in [-0.15, -0.1) is 0 Å². The summed E-state index contributed by atoms with van der Waals surface area (Å²) >= 11 is 0. The summed E-state index contributed by atoms with van der Waals surface area (Å²) in [6.07, 6.45) is 0. The number of nitrogens with zero attached hydrogens (tertiary/aromatic N) is 1. The van der Waals surface area contributed by atoms with Crippen molar-refractivity contribution in [1.29, 1.82) is 5.26 Å². The number of nitriles is 1. The van der Waals surface area contributed by atoms with Crippen molar-refractivity contribution >= 4 is 5.69 Å². The van der Waals surface area contributed by atoms with Gasteiger partial charge in [-0.3, -0.25) is 0 Å². The number of hydrogen-bond donors (Lipinski definition) is 1. The Morgan fingerprint density at radius 1 is 1.46 bits per heavy atom. The van der Waals surface area contributed by atoms with E-state index < -0.39 is 0 Å². The zero-order chi connectivity index (χ0) is 10.0. The van der Waals surface area contributed by atoms with E-state index in [9.17, 15) is 0 Å². The molecule has 13 heavy (non-hydrogen) atoms. The van der Waals surface area contributed by atoms with E-state index in [0.717, 1.165) is 11.1 Å². The van der Waals surface area contributed by atoms with Gasteiger partial charge < -0.3 is 10.5 Å². The molecule has 0 unspecified atom stereocenters. The van der Waals surface area contributed by atoms with Gasteiger partial charge in [0.15, 0.2) is 0 Å². The second kappa shape index (κ2) is 3.36. The van der Waals surface area contributed by atoms with Crippen LogP contribution < -0.4 is 10.5 Å². The zero-order valence-electron chi connectivity index (χ0n) is 8.01. The molecular formula is C10H12N2O. The van der Waals surface area contributed by atoms with Gasteiger partial charge in [-0.25, -0.2) is 0 Å². The molecule has 0 heterocycles. The lowest BCUT2D eigenvalue weighted by Gasteiger charge is -2.10. The van der Waals surface area contributed by atoms with E-state index in [1.165, 1.54) is 0 Å². The molecule has 68 valence electrons. The molecule has 0 aliphatic heterocycles. The first-order valence-corrected chi connectivity index (χ1v) is 3.95. The van der Waals surface area contributed by atoms with Crippen LogP contribution in [-0.2, 0) is 0 Å². The smallest absolute Gasteiger partial charge is 0.123 e. The largest absolute Gasteiger partial charge is 0.496 e. The number of ether oxygens (including phenoxy) is 1. The molecule has 0 saturated carbocycles. The lowest BCUT2D eigenvalue weighted by molar-refractivity contribution is 0.411. The quantitative estimate of drug-likeness (QED) is 0.663. The molecule has 2 N–H and O–H groups in total. The molecule has 1 aromatic carbocycles. The van der Waals surface area contributed by atoms with Crippen LogP contribution in [0.1, 0.15) is 16.7 Å². The lowest BCUT2D eigenvalue weighted by atomic mass is 10.0. The molecule has 0 aromatic heterocycles. The third kappa shape index (κ3) is 1.43. The minimum atomic E-state index is 0.511. The van der Waals surface area contributed by atoms with E-state index in [2.05, 4.69) is 6.07 Å². The van der Waals surface area contributed by atoms with Crippen LogP contribution in [0.4, 0.5) is 5.69 Å². The van der Waals surface area contributed by atoms with E-state index in [4.69, 9.17) is 15.7 Å². The lowest BCUT2D eigenvalue weighted by Crippen LogP contribution is -1.99. The number of anilines is 1. The minimum absolute atomic E-state index is 0.511. The average Bonchev–Trinajstić information content (AvgIpc) is 2.12. The van der Waals surface area contributed by atoms with Crippen LogP contribution in [0, 0.1) is 25.2 Å². The minimum Gasteiger partial charge on any atom is -0.496 e. The standard InChI is InChI=1S/C10H12N2O/c1-6-4-9(13-3)7(2)8(5-11)10(6)12/h4H,12H2,1-3H3. The SMILES string of the molecule is COc1cc(C)c(N)c(C#N)c1C. The van der Waals surface area contributed by atoms with E-state index in [0.29, 0.717) is 17.0 Å². The number of nitrogen functional groups attached to an aromatic ring is 1. The normalized spacial score (nSPS) is 9.38. The van der Waals surface area contributed by atoms with Crippen molar-refractivity contribution in [2.45, 2.75) is 13.8 Å². The predicted molar refractivity (Wildman–Crippen MR) is 51.6 cm³/mol. The average molecular weight is 176 g/mol. The molecule has 1 aromatic rings. The summed E-state index contributed by atoms with van der Waals surface area (Å²) in [6, 6.07) is 3.91. The monoisotopic (exact) mass is 176 g/mol. The van der Waals surface area contributed by atoms with E-state index in [1.807, 2.05) is 19.9 Å².